The van der Waals surface area contributed by atoms with Gasteiger partial charge in [0.05, 0.1) is 6.26 Å². The fourth-order valence-corrected chi connectivity index (χ4v) is 0.595. The molecule has 0 fully saturated rings. The Morgan fingerprint density at radius 1 is 1.17 bits per heavy atom. The summed E-state index contributed by atoms with van der Waals surface area (Å²) in [6, 6.07) is 9.52. The topological polar surface area (TPSA) is 9.23 Å². The Morgan fingerprint density at radius 2 is 1.67 bits per heavy atom. The molecule has 1 aromatic carbocycles. The van der Waals surface area contributed by atoms with Gasteiger partial charge in [-0.3, -0.25) is 0 Å². The fraction of sp³-hybridized carbons (Fsp3) is 0.273. The first-order valence-corrected chi connectivity index (χ1v) is 3.76. The van der Waals surface area contributed by atoms with E-state index in [1.54, 1.807) is 0 Å². The van der Waals surface area contributed by atoms with Crippen LogP contribution < -0.4 is 4.74 Å². The van der Waals surface area contributed by atoms with Crippen LogP contribution >= 0.6 is 0 Å². The smallest absolute Gasteiger partial charge is 0.126 e. The molecule has 1 rings (SSSR count). The van der Waals surface area contributed by atoms with Gasteiger partial charge in [-0.15, -0.1) is 0 Å². The molecule has 0 saturated carbocycles. The molecule has 0 saturated heterocycles. The number of hydrogen-bond donors (Lipinski definition) is 0. The number of hydrogen-bond acceptors (Lipinski definition) is 1. The van der Waals surface area contributed by atoms with Crippen molar-refractivity contribution in [3.8, 4) is 5.75 Å². The zero-order chi connectivity index (χ0) is 8.53. The van der Waals surface area contributed by atoms with E-state index in [2.05, 4.69) is 6.58 Å². The third kappa shape index (κ3) is 5.54. The van der Waals surface area contributed by atoms with E-state index >= 15 is 0 Å². The van der Waals surface area contributed by atoms with Crippen LogP contribution in [0.2, 0.25) is 0 Å². The molecule has 0 amide bonds. The van der Waals surface area contributed by atoms with Crippen LogP contribution in [0, 0.1) is 0 Å². The summed E-state index contributed by atoms with van der Waals surface area (Å²) in [5.41, 5.74) is 0. The van der Waals surface area contributed by atoms with Crippen molar-refractivity contribution in [2.24, 2.45) is 0 Å². The van der Waals surface area contributed by atoms with Gasteiger partial charge in [0.1, 0.15) is 5.75 Å². The van der Waals surface area contributed by atoms with Gasteiger partial charge in [-0.25, -0.2) is 0 Å². The minimum atomic E-state index is 0. The first kappa shape index (κ1) is 13.4. The van der Waals surface area contributed by atoms with Gasteiger partial charge in [0.2, 0.25) is 0 Å². The zero-order valence-electron chi connectivity index (χ0n) is 7.08. The second-order valence-corrected chi connectivity index (χ2v) is 1.60. The Hall–Kier alpha value is -1.24. The first-order valence-electron chi connectivity index (χ1n) is 3.76. The second-order valence-electron chi connectivity index (χ2n) is 1.60. The van der Waals surface area contributed by atoms with Gasteiger partial charge in [0, 0.05) is 0 Å². The van der Waals surface area contributed by atoms with Crippen LogP contribution in [0.3, 0.4) is 0 Å². The van der Waals surface area contributed by atoms with Gasteiger partial charge in [0.25, 0.3) is 0 Å². The average Bonchev–Trinajstić information content (AvgIpc) is 2.11. The maximum absolute atomic E-state index is 4.97. The summed E-state index contributed by atoms with van der Waals surface area (Å²) in [7, 11) is 0. The fourth-order valence-electron chi connectivity index (χ4n) is 0.595. The van der Waals surface area contributed by atoms with Crippen LogP contribution in [0.4, 0.5) is 0 Å². The van der Waals surface area contributed by atoms with E-state index in [1.165, 1.54) is 6.26 Å². The van der Waals surface area contributed by atoms with Gasteiger partial charge >= 0.3 is 0 Å². The van der Waals surface area contributed by atoms with Crippen LogP contribution in [0.5, 0.6) is 5.75 Å². The summed E-state index contributed by atoms with van der Waals surface area (Å²) >= 11 is 0. The van der Waals surface area contributed by atoms with Crippen molar-refractivity contribution < 1.29 is 4.74 Å². The van der Waals surface area contributed by atoms with Crippen LogP contribution in [0.15, 0.2) is 43.2 Å². The number of rotatable bonds is 2. The minimum absolute atomic E-state index is 0. The molecule has 0 atom stereocenters. The van der Waals surface area contributed by atoms with Crippen LogP contribution in [0.25, 0.3) is 0 Å². The minimum Gasteiger partial charge on any atom is -0.466 e. The Bertz CT molecular complexity index is 179. The molecule has 0 spiro atoms. The molecule has 0 aliphatic rings. The molecular formula is C11H18O. The second kappa shape index (κ2) is 9.76. The molecule has 68 valence electrons. The van der Waals surface area contributed by atoms with Crippen molar-refractivity contribution in [3.63, 3.8) is 0 Å². The lowest BCUT2D eigenvalue weighted by Gasteiger charge is -1.95. The van der Waals surface area contributed by atoms with E-state index in [9.17, 15) is 0 Å². The predicted octanol–water partition coefficient (Wildman–Crippen LogP) is 3.87. The number of ether oxygens (including phenoxy) is 1. The molecule has 0 unspecified atom stereocenters. The molecule has 0 aliphatic carbocycles. The van der Waals surface area contributed by atoms with E-state index in [0.717, 1.165) is 5.75 Å². The molecule has 1 aromatic rings. The molecular weight excluding hydrogens is 148 g/mol. The molecule has 0 radical (unpaired) electrons. The maximum Gasteiger partial charge on any atom is 0.126 e. The molecule has 0 N–H and O–H groups in total. The predicted molar refractivity (Wildman–Crippen MR) is 55.3 cm³/mol. The van der Waals surface area contributed by atoms with Crippen molar-refractivity contribution in [2.75, 3.05) is 0 Å². The van der Waals surface area contributed by atoms with E-state index < -0.39 is 0 Å². The summed E-state index contributed by atoms with van der Waals surface area (Å²) in [5, 5.41) is 0. The average molecular weight is 166 g/mol. The largest absolute Gasteiger partial charge is 0.466 e. The van der Waals surface area contributed by atoms with Gasteiger partial charge < -0.3 is 4.74 Å². The van der Waals surface area contributed by atoms with Crippen LogP contribution in [0.1, 0.15) is 21.3 Å². The van der Waals surface area contributed by atoms with E-state index in [0.29, 0.717) is 0 Å². The van der Waals surface area contributed by atoms with Gasteiger partial charge in [-0.05, 0) is 12.1 Å². The lowest BCUT2D eigenvalue weighted by molar-refractivity contribution is 0.483. The molecule has 0 heterocycles. The van der Waals surface area contributed by atoms with Crippen molar-refractivity contribution in [3.05, 3.63) is 43.2 Å². The summed E-state index contributed by atoms with van der Waals surface area (Å²) < 4.78 is 4.97. The van der Waals surface area contributed by atoms with E-state index in [4.69, 9.17) is 4.74 Å². The highest BCUT2D eigenvalue weighted by atomic mass is 16.5. The van der Waals surface area contributed by atoms with Crippen molar-refractivity contribution in [1.82, 2.24) is 0 Å². The molecule has 0 bridgehead atoms. The Labute approximate surface area is 75.7 Å². The Kier molecular flexibility index (Phi) is 10.9. The van der Waals surface area contributed by atoms with Crippen LogP contribution in [-0.2, 0) is 0 Å². The summed E-state index contributed by atoms with van der Waals surface area (Å²) in [6.07, 6.45) is 1.41. The highest BCUT2D eigenvalue weighted by Gasteiger charge is 1.82. The molecule has 0 aromatic heterocycles. The third-order valence-electron chi connectivity index (χ3n) is 0.963. The SMILES string of the molecule is C.C=COc1ccccc1.CC. The maximum atomic E-state index is 4.97. The van der Waals surface area contributed by atoms with Crippen molar-refractivity contribution in [1.29, 1.82) is 0 Å². The van der Waals surface area contributed by atoms with Crippen LogP contribution in [-0.4, -0.2) is 0 Å². The Morgan fingerprint density at radius 3 is 2.08 bits per heavy atom. The third-order valence-corrected chi connectivity index (χ3v) is 0.963. The normalized spacial score (nSPS) is 6.83. The van der Waals surface area contributed by atoms with Crippen molar-refractivity contribution >= 4 is 0 Å². The van der Waals surface area contributed by atoms with Crippen molar-refractivity contribution in [2.45, 2.75) is 21.3 Å². The molecule has 0 aliphatic heterocycles. The van der Waals surface area contributed by atoms with Gasteiger partial charge in [0.15, 0.2) is 0 Å². The van der Waals surface area contributed by atoms with Gasteiger partial charge in [-0.2, -0.15) is 0 Å². The number of para-hydroxylation sites is 1. The van der Waals surface area contributed by atoms with E-state index in [-0.39, 0.29) is 7.43 Å². The van der Waals surface area contributed by atoms with Gasteiger partial charge in [-0.1, -0.05) is 46.1 Å². The highest BCUT2D eigenvalue weighted by Crippen LogP contribution is 2.07. The quantitative estimate of drug-likeness (QED) is 0.606. The Balaban J connectivity index is 0. The lowest BCUT2D eigenvalue weighted by Crippen LogP contribution is -1.76. The standard InChI is InChI=1S/C8H8O.C2H6.CH4/c1-2-9-8-6-4-3-5-7-8;1-2;/h2-7H,1H2;1-2H3;1H4. The highest BCUT2D eigenvalue weighted by molar-refractivity contribution is 5.21. The van der Waals surface area contributed by atoms with E-state index in [1.807, 2.05) is 44.2 Å². The summed E-state index contributed by atoms with van der Waals surface area (Å²) in [4.78, 5) is 0. The molecule has 1 nitrogen and oxygen atoms in total. The molecule has 1 heteroatoms. The number of benzene rings is 1. The monoisotopic (exact) mass is 166 g/mol. The lowest BCUT2D eigenvalue weighted by atomic mass is 10.3. The zero-order valence-corrected chi connectivity index (χ0v) is 7.08. The first-order chi connectivity index (χ1) is 5.43. The summed E-state index contributed by atoms with van der Waals surface area (Å²) in [6.45, 7) is 7.43. The summed E-state index contributed by atoms with van der Waals surface area (Å²) in [5.74, 6) is 0.826. The molecule has 12 heavy (non-hydrogen) atoms.